The monoisotopic (exact) mass is 134 g/mol. The van der Waals surface area contributed by atoms with Gasteiger partial charge in [0.2, 0.25) is 0 Å². The van der Waals surface area contributed by atoms with Crippen LogP contribution in [-0.4, -0.2) is 19.6 Å². The highest BCUT2D eigenvalue weighted by molar-refractivity contribution is 6.14. The quantitative estimate of drug-likeness (QED) is 0.516. The Morgan fingerprint density at radius 1 is 1.50 bits per heavy atom. The van der Waals surface area contributed by atoms with Gasteiger partial charge in [-0.25, -0.2) is 0 Å². The maximum Gasteiger partial charge on any atom is 0.115 e. The van der Waals surface area contributed by atoms with Gasteiger partial charge in [-0.3, -0.25) is 0 Å². The minimum atomic E-state index is 0.133. The molecule has 1 N–H and O–H groups in total. The summed E-state index contributed by atoms with van der Waals surface area (Å²) in [7, 11) is 2.11. The largest absolute Gasteiger partial charge is 0.392 e. The van der Waals surface area contributed by atoms with E-state index in [9.17, 15) is 0 Å². The van der Waals surface area contributed by atoms with Gasteiger partial charge in [-0.15, -0.1) is 0 Å². The van der Waals surface area contributed by atoms with E-state index in [-0.39, 0.29) is 6.61 Å². The summed E-state index contributed by atoms with van der Waals surface area (Å²) in [5.74, 6) is 0.486. The summed E-state index contributed by atoms with van der Waals surface area (Å²) in [5.41, 5.74) is 0.973. The van der Waals surface area contributed by atoms with E-state index in [4.69, 9.17) is 5.11 Å². The third-order valence-electron chi connectivity index (χ3n) is 1.52. The molecule has 10 heavy (non-hydrogen) atoms. The van der Waals surface area contributed by atoms with Gasteiger partial charge in [0.25, 0.3) is 0 Å². The van der Waals surface area contributed by atoms with E-state index in [1.165, 1.54) is 0 Å². The fraction of sp³-hybridized carbons (Fsp3) is 0.250. The molecule has 0 amide bonds. The summed E-state index contributed by atoms with van der Waals surface area (Å²) in [6.45, 7) is 0.133. The molecule has 0 bridgehead atoms. The second-order valence-corrected chi connectivity index (χ2v) is 2.50. The van der Waals surface area contributed by atoms with Crippen LogP contribution in [0.5, 0.6) is 0 Å². The highest BCUT2D eigenvalue weighted by atomic mass is 16.3. The molecule has 0 saturated carbocycles. The van der Waals surface area contributed by atoms with Gasteiger partial charge < -0.3 is 5.11 Å². The fourth-order valence-electron chi connectivity index (χ4n) is 0.855. The molecule has 1 atom stereocenters. The molecule has 0 aromatic heterocycles. The van der Waals surface area contributed by atoms with Crippen LogP contribution in [0.2, 0.25) is 5.82 Å². The van der Waals surface area contributed by atoms with Crippen LogP contribution in [0.4, 0.5) is 0 Å². The molecule has 0 fully saturated rings. The van der Waals surface area contributed by atoms with Crippen molar-refractivity contribution >= 4 is 7.85 Å². The molecule has 1 nitrogen and oxygen atoms in total. The SMILES string of the molecule is BC1C=CC=C(CO)C=C1. The number of allylic oxidation sites excluding steroid dienone is 4. The van der Waals surface area contributed by atoms with Crippen molar-refractivity contribution in [3.05, 3.63) is 36.0 Å². The van der Waals surface area contributed by atoms with E-state index in [1.807, 2.05) is 18.2 Å². The van der Waals surface area contributed by atoms with Crippen LogP contribution in [-0.2, 0) is 0 Å². The smallest absolute Gasteiger partial charge is 0.115 e. The van der Waals surface area contributed by atoms with Gasteiger partial charge in [0.15, 0.2) is 0 Å². The molecule has 0 heterocycles. The zero-order valence-corrected chi connectivity index (χ0v) is 6.12. The van der Waals surface area contributed by atoms with E-state index >= 15 is 0 Å². The first-order valence-electron chi connectivity index (χ1n) is 3.49. The zero-order chi connectivity index (χ0) is 7.40. The van der Waals surface area contributed by atoms with Gasteiger partial charge >= 0.3 is 0 Å². The second-order valence-electron chi connectivity index (χ2n) is 2.50. The van der Waals surface area contributed by atoms with Crippen molar-refractivity contribution in [3.8, 4) is 0 Å². The molecule has 1 aliphatic rings. The first kappa shape index (κ1) is 7.35. The fourth-order valence-corrected chi connectivity index (χ4v) is 0.855. The van der Waals surface area contributed by atoms with Crippen LogP contribution >= 0.6 is 0 Å². The van der Waals surface area contributed by atoms with Crippen LogP contribution < -0.4 is 0 Å². The Bertz CT molecular complexity index is 191. The van der Waals surface area contributed by atoms with E-state index < -0.39 is 0 Å². The molecule has 0 aromatic carbocycles. The van der Waals surface area contributed by atoms with Gasteiger partial charge in [0.05, 0.1) is 6.61 Å². The third kappa shape index (κ3) is 1.88. The summed E-state index contributed by atoms with van der Waals surface area (Å²) >= 11 is 0. The van der Waals surface area contributed by atoms with Crippen LogP contribution in [0.15, 0.2) is 36.0 Å². The third-order valence-corrected chi connectivity index (χ3v) is 1.52. The van der Waals surface area contributed by atoms with Gasteiger partial charge in [0.1, 0.15) is 7.85 Å². The lowest BCUT2D eigenvalue weighted by Crippen LogP contribution is -1.84. The second kappa shape index (κ2) is 3.42. The van der Waals surface area contributed by atoms with Crippen LogP contribution in [0.1, 0.15) is 0 Å². The van der Waals surface area contributed by atoms with Gasteiger partial charge in [-0.2, -0.15) is 0 Å². The predicted molar refractivity (Wildman–Crippen MR) is 45.7 cm³/mol. The maximum atomic E-state index is 8.75. The molecule has 0 saturated heterocycles. The highest BCUT2D eigenvalue weighted by Crippen LogP contribution is 2.10. The molecule has 0 radical (unpaired) electrons. The predicted octanol–water partition coefficient (Wildman–Crippen LogP) is 0.453. The summed E-state index contributed by atoms with van der Waals surface area (Å²) in [4.78, 5) is 0. The highest BCUT2D eigenvalue weighted by Gasteiger charge is 1.94. The molecule has 2 heteroatoms. The molecular formula is C8H11BO. The Balaban J connectivity index is 2.71. The Hall–Kier alpha value is -0.755. The van der Waals surface area contributed by atoms with Crippen LogP contribution in [0.3, 0.4) is 0 Å². The Labute approximate surface area is 62.2 Å². The number of hydrogen-bond donors (Lipinski definition) is 1. The van der Waals surface area contributed by atoms with Crippen molar-refractivity contribution in [3.63, 3.8) is 0 Å². The van der Waals surface area contributed by atoms with Gasteiger partial charge in [-0.1, -0.05) is 30.4 Å². The molecule has 52 valence electrons. The van der Waals surface area contributed by atoms with Crippen molar-refractivity contribution in [2.45, 2.75) is 5.82 Å². The molecular weight excluding hydrogens is 123 g/mol. The standard InChI is InChI=1S/C8H11BO/c9-8-3-1-2-7(6-10)4-5-8/h1-5,8,10H,6,9H2. The molecule has 1 aliphatic carbocycles. The van der Waals surface area contributed by atoms with Gasteiger partial charge in [0, 0.05) is 0 Å². The summed E-state index contributed by atoms with van der Waals surface area (Å²) in [6, 6.07) is 0. The molecule has 0 spiro atoms. The Morgan fingerprint density at radius 2 is 2.30 bits per heavy atom. The van der Waals surface area contributed by atoms with Crippen LogP contribution in [0, 0.1) is 0 Å². The number of aliphatic hydroxyl groups is 1. The van der Waals surface area contributed by atoms with Crippen molar-refractivity contribution in [1.29, 1.82) is 0 Å². The summed E-state index contributed by atoms with van der Waals surface area (Å²) < 4.78 is 0. The van der Waals surface area contributed by atoms with Crippen molar-refractivity contribution in [1.82, 2.24) is 0 Å². The van der Waals surface area contributed by atoms with Crippen molar-refractivity contribution < 1.29 is 5.11 Å². The lowest BCUT2D eigenvalue weighted by atomic mass is 9.87. The maximum absolute atomic E-state index is 8.75. The first-order chi connectivity index (χ1) is 4.83. The van der Waals surface area contributed by atoms with Crippen molar-refractivity contribution in [2.75, 3.05) is 6.61 Å². The Kier molecular flexibility index (Phi) is 2.52. The minimum Gasteiger partial charge on any atom is -0.392 e. The average molecular weight is 134 g/mol. The summed E-state index contributed by atoms with van der Waals surface area (Å²) in [5, 5.41) is 8.75. The molecule has 0 aliphatic heterocycles. The molecule has 1 unspecified atom stereocenters. The lowest BCUT2D eigenvalue weighted by molar-refractivity contribution is 0.335. The Morgan fingerprint density at radius 3 is 3.00 bits per heavy atom. The first-order valence-corrected chi connectivity index (χ1v) is 3.49. The van der Waals surface area contributed by atoms with E-state index in [0.717, 1.165) is 5.57 Å². The zero-order valence-electron chi connectivity index (χ0n) is 6.12. The van der Waals surface area contributed by atoms with E-state index in [1.54, 1.807) is 0 Å². The number of hydrogen-bond acceptors (Lipinski definition) is 1. The van der Waals surface area contributed by atoms with E-state index in [0.29, 0.717) is 5.82 Å². The van der Waals surface area contributed by atoms with E-state index in [2.05, 4.69) is 20.0 Å². The minimum absolute atomic E-state index is 0.133. The number of aliphatic hydroxyl groups excluding tert-OH is 1. The van der Waals surface area contributed by atoms with Crippen molar-refractivity contribution in [2.24, 2.45) is 0 Å². The normalized spacial score (nSPS) is 24.1. The topological polar surface area (TPSA) is 20.2 Å². The van der Waals surface area contributed by atoms with Crippen LogP contribution in [0.25, 0.3) is 0 Å². The molecule has 0 aromatic rings. The van der Waals surface area contributed by atoms with Gasteiger partial charge in [-0.05, 0) is 11.4 Å². The average Bonchev–Trinajstić information content (AvgIpc) is 2.14. The molecule has 1 rings (SSSR count). The number of rotatable bonds is 1. The summed E-state index contributed by atoms with van der Waals surface area (Å²) in [6.07, 6.45) is 10.0. The lowest BCUT2D eigenvalue weighted by Gasteiger charge is -1.93.